The zero-order valence-electron chi connectivity index (χ0n) is 10.8. The summed E-state index contributed by atoms with van der Waals surface area (Å²) in [5, 5.41) is 14.1. The maximum atomic E-state index is 12.1. The van der Waals surface area contributed by atoms with Crippen molar-refractivity contribution >= 4 is 29.1 Å². The lowest BCUT2D eigenvalue weighted by molar-refractivity contribution is -0.146. The van der Waals surface area contributed by atoms with Crippen molar-refractivity contribution in [3.63, 3.8) is 0 Å². The zero-order chi connectivity index (χ0) is 13.8. The van der Waals surface area contributed by atoms with Crippen LogP contribution in [0, 0.1) is 11.3 Å². The predicted molar refractivity (Wildman–Crippen MR) is 71.7 cm³/mol. The van der Waals surface area contributed by atoms with E-state index >= 15 is 0 Å². The monoisotopic (exact) mass is 272 g/mol. The molecule has 0 radical (unpaired) electrons. The molecule has 0 unspecified atom stereocenters. The molecule has 1 atom stereocenters. The van der Waals surface area contributed by atoms with Crippen molar-refractivity contribution in [1.82, 2.24) is 10.6 Å². The molecule has 0 spiro atoms. The van der Waals surface area contributed by atoms with Gasteiger partial charge in [-0.15, -0.1) is 0 Å². The van der Waals surface area contributed by atoms with E-state index in [0.29, 0.717) is 6.42 Å². The van der Waals surface area contributed by atoms with Crippen molar-refractivity contribution in [2.45, 2.75) is 39.5 Å². The Balaban J connectivity index is 2.93. The first-order valence-corrected chi connectivity index (χ1v) is 6.64. The second-order valence-electron chi connectivity index (χ2n) is 4.89. The first kappa shape index (κ1) is 15.0. The molecule has 2 amide bonds. The lowest BCUT2D eigenvalue weighted by Gasteiger charge is -2.36. The standard InChI is InChI=1S/C12H20N2O3S/c1-3-4-8(2)7-12(5-6-15)9(16)13-11(18)14-10(12)17/h8,15H,3-7H2,1-2H3,(H2,13,14,16,17,18)/t8-/m1/s1. The molecule has 102 valence electrons. The topological polar surface area (TPSA) is 78.4 Å². The number of hydrogen-bond acceptors (Lipinski definition) is 4. The molecular weight excluding hydrogens is 252 g/mol. The van der Waals surface area contributed by atoms with Crippen molar-refractivity contribution in [3.8, 4) is 0 Å². The van der Waals surface area contributed by atoms with E-state index in [2.05, 4.69) is 17.6 Å². The molecule has 6 heteroatoms. The van der Waals surface area contributed by atoms with Crippen LogP contribution in [0.2, 0.25) is 0 Å². The van der Waals surface area contributed by atoms with Crippen LogP contribution >= 0.6 is 12.2 Å². The summed E-state index contributed by atoms with van der Waals surface area (Å²) >= 11 is 4.78. The van der Waals surface area contributed by atoms with Crippen molar-refractivity contribution in [2.24, 2.45) is 11.3 Å². The number of aliphatic hydroxyl groups is 1. The maximum absolute atomic E-state index is 12.1. The summed E-state index contributed by atoms with van der Waals surface area (Å²) in [5.41, 5.74) is -1.19. The van der Waals surface area contributed by atoms with Crippen LogP contribution in [0.4, 0.5) is 0 Å². The van der Waals surface area contributed by atoms with E-state index in [4.69, 9.17) is 17.3 Å². The summed E-state index contributed by atoms with van der Waals surface area (Å²) in [6.07, 6.45) is 2.50. The molecule has 0 aromatic heterocycles. The van der Waals surface area contributed by atoms with Crippen LogP contribution in [0.1, 0.15) is 39.5 Å². The van der Waals surface area contributed by atoms with Crippen LogP contribution in [0.15, 0.2) is 0 Å². The molecule has 3 N–H and O–H groups in total. The molecule has 1 saturated heterocycles. The van der Waals surface area contributed by atoms with Crippen LogP contribution in [-0.2, 0) is 9.59 Å². The SMILES string of the molecule is CCC[C@@H](C)CC1(CCO)C(=O)NC(=S)NC1=O. The van der Waals surface area contributed by atoms with Gasteiger partial charge >= 0.3 is 0 Å². The summed E-state index contributed by atoms with van der Waals surface area (Å²) in [7, 11) is 0. The third-order valence-electron chi connectivity index (χ3n) is 3.34. The fourth-order valence-electron chi connectivity index (χ4n) is 2.47. The van der Waals surface area contributed by atoms with E-state index in [9.17, 15) is 9.59 Å². The Bertz CT molecular complexity index is 337. The number of carbonyl (C=O) groups is 2. The molecule has 0 bridgehead atoms. The number of amides is 2. The second kappa shape index (κ2) is 6.24. The van der Waals surface area contributed by atoms with Crippen molar-refractivity contribution in [3.05, 3.63) is 0 Å². The van der Waals surface area contributed by atoms with E-state index in [1.54, 1.807) is 0 Å². The Hall–Kier alpha value is -1.01. The highest BCUT2D eigenvalue weighted by Crippen LogP contribution is 2.34. The van der Waals surface area contributed by atoms with Gasteiger partial charge in [-0.25, -0.2) is 0 Å². The number of carbonyl (C=O) groups excluding carboxylic acids is 2. The number of aliphatic hydroxyl groups excluding tert-OH is 1. The van der Waals surface area contributed by atoms with Crippen LogP contribution in [0.5, 0.6) is 0 Å². The quantitative estimate of drug-likeness (QED) is 0.491. The predicted octanol–water partition coefficient (Wildman–Crippen LogP) is 0.712. The Morgan fingerprint density at radius 2 is 1.89 bits per heavy atom. The molecule has 0 aliphatic carbocycles. The molecule has 1 heterocycles. The molecular formula is C12H20N2O3S. The molecule has 5 nitrogen and oxygen atoms in total. The zero-order valence-corrected chi connectivity index (χ0v) is 11.6. The minimum Gasteiger partial charge on any atom is -0.396 e. The van der Waals surface area contributed by atoms with Crippen molar-refractivity contribution in [1.29, 1.82) is 0 Å². The van der Waals surface area contributed by atoms with Crippen molar-refractivity contribution in [2.75, 3.05) is 6.61 Å². The summed E-state index contributed by atoms with van der Waals surface area (Å²) in [5.74, 6) is -0.550. The van der Waals surface area contributed by atoms with Gasteiger partial charge in [-0.2, -0.15) is 0 Å². The maximum Gasteiger partial charge on any atom is 0.241 e. The Labute approximate surface area is 112 Å². The van der Waals surface area contributed by atoms with Crippen molar-refractivity contribution < 1.29 is 14.7 Å². The fourth-order valence-corrected chi connectivity index (χ4v) is 2.66. The van der Waals surface area contributed by atoms with Gasteiger partial charge in [0.2, 0.25) is 11.8 Å². The number of thiocarbonyl (C=S) groups is 1. The van der Waals surface area contributed by atoms with E-state index in [1.807, 2.05) is 6.92 Å². The van der Waals surface area contributed by atoms with Gasteiger partial charge in [0.25, 0.3) is 0 Å². The highest BCUT2D eigenvalue weighted by molar-refractivity contribution is 7.80. The van der Waals surface area contributed by atoms with Gasteiger partial charge in [0.15, 0.2) is 5.11 Å². The third-order valence-corrected chi connectivity index (χ3v) is 3.54. The van der Waals surface area contributed by atoms with E-state index < -0.39 is 17.2 Å². The van der Waals surface area contributed by atoms with Gasteiger partial charge in [0.05, 0.1) is 0 Å². The highest BCUT2D eigenvalue weighted by Gasteiger charge is 2.49. The average Bonchev–Trinajstić information content (AvgIpc) is 2.26. The first-order valence-electron chi connectivity index (χ1n) is 6.24. The van der Waals surface area contributed by atoms with Crippen LogP contribution in [-0.4, -0.2) is 28.6 Å². The Morgan fingerprint density at radius 1 is 1.33 bits per heavy atom. The fraction of sp³-hybridized carbons (Fsp3) is 0.750. The average molecular weight is 272 g/mol. The van der Waals surface area contributed by atoms with E-state index in [0.717, 1.165) is 12.8 Å². The Morgan fingerprint density at radius 3 is 2.33 bits per heavy atom. The molecule has 1 aliphatic rings. The van der Waals surface area contributed by atoms with Crippen LogP contribution in [0.25, 0.3) is 0 Å². The van der Waals surface area contributed by atoms with Gasteiger partial charge in [0.1, 0.15) is 5.41 Å². The smallest absolute Gasteiger partial charge is 0.241 e. The molecule has 0 aromatic carbocycles. The van der Waals surface area contributed by atoms with Gasteiger partial charge < -0.3 is 15.7 Å². The lowest BCUT2D eigenvalue weighted by atomic mass is 9.73. The third kappa shape index (κ3) is 3.05. The summed E-state index contributed by atoms with van der Waals surface area (Å²) in [6, 6.07) is 0. The summed E-state index contributed by atoms with van der Waals surface area (Å²) in [4.78, 5) is 24.2. The Kier molecular flexibility index (Phi) is 5.22. The van der Waals surface area contributed by atoms with Gasteiger partial charge in [-0.05, 0) is 31.0 Å². The largest absolute Gasteiger partial charge is 0.396 e. The van der Waals surface area contributed by atoms with E-state index in [1.165, 1.54) is 0 Å². The van der Waals surface area contributed by atoms with Gasteiger partial charge in [-0.1, -0.05) is 26.7 Å². The van der Waals surface area contributed by atoms with Gasteiger partial charge in [0, 0.05) is 6.61 Å². The number of rotatable bonds is 6. The summed E-state index contributed by atoms with van der Waals surface area (Å²) in [6.45, 7) is 3.87. The van der Waals surface area contributed by atoms with Gasteiger partial charge in [-0.3, -0.25) is 9.59 Å². The van der Waals surface area contributed by atoms with Crippen LogP contribution in [0.3, 0.4) is 0 Å². The minimum absolute atomic E-state index is 0.0432. The second-order valence-corrected chi connectivity index (χ2v) is 5.30. The molecule has 1 fully saturated rings. The summed E-state index contributed by atoms with van der Waals surface area (Å²) < 4.78 is 0. The normalized spacial score (nSPS) is 20.3. The molecule has 18 heavy (non-hydrogen) atoms. The number of nitrogens with one attached hydrogen (secondary N) is 2. The highest BCUT2D eigenvalue weighted by atomic mass is 32.1. The van der Waals surface area contributed by atoms with Crippen LogP contribution < -0.4 is 10.6 Å². The molecule has 1 aliphatic heterocycles. The molecule has 1 rings (SSSR count). The lowest BCUT2D eigenvalue weighted by Crippen LogP contribution is -2.62. The number of hydrogen-bond donors (Lipinski definition) is 3. The minimum atomic E-state index is -1.19. The first-order chi connectivity index (χ1) is 8.46. The van der Waals surface area contributed by atoms with E-state index in [-0.39, 0.29) is 24.1 Å². The molecule has 0 saturated carbocycles. The molecule has 0 aromatic rings.